The minimum Gasteiger partial charge on any atom is -0.542 e. The predicted octanol–water partition coefficient (Wildman–Crippen LogP) is 0.113. The average molecular weight is 224 g/mol. The second-order valence-electron chi connectivity index (χ2n) is 0.204. The van der Waals surface area contributed by atoms with Crippen molar-refractivity contribution in [3.8, 4) is 0 Å². The molecule has 0 bridgehead atoms. The molecule has 0 heterocycles. The monoisotopic (exact) mass is 224 g/mol. The third-order valence-corrected chi connectivity index (χ3v) is 0. The molecule has 0 spiro atoms. The summed E-state index contributed by atoms with van der Waals surface area (Å²) in [5, 5.41) is 0. The van der Waals surface area contributed by atoms with E-state index < -0.39 is 0 Å². The summed E-state index contributed by atoms with van der Waals surface area (Å²) < 4.78 is 0. The van der Waals surface area contributed by atoms with Gasteiger partial charge in [0, 0.05) is 22.4 Å². The molecule has 0 aromatic rings. The van der Waals surface area contributed by atoms with E-state index in [9.17, 15) is 0 Å². The Morgan fingerprint density at radius 2 is 1.75 bits per heavy atom. The normalized spacial score (nSPS) is 3.25. The van der Waals surface area contributed by atoms with Gasteiger partial charge in [-0.2, -0.15) is 6.92 Å². The summed E-state index contributed by atoms with van der Waals surface area (Å²) >= 11 is 0. The minimum absolute atomic E-state index is 0. The first-order chi connectivity index (χ1) is 1.41. The predicted molar refractivity (Wildman–Crippen MR) is 11.4 cm³/mol. The maximum absolute atomic E-state index is 8.68. The van der Waals surface area contributed by atoms with Crippen LogP contribution in [0.3, 0.4) is 0 Å². The molecular formula is C2H3OTa-. The average Bonchev–Trinajstić information content (AvgIpc) is 0.918. The van der Waals surface area contributed by atoms with Crippen molar-refractivity contribution in [2.24, 2.45) is 0 Å². The van der Waals surface area contributed by atoms with Crippen molar-refractivity contribution >= 4 is 6.29 Å². The van der Waals surface area contributed by atoms with E-state index in [1.807, 2.05) is 0 Å². The molecule has 0 aromatic heterocycles. The summed E-state index contributed by atoms with van der Waals surface area (Å²) in [7, 11) is 0. The van der Waals surface area contributed by atoms with Crippen LogP contribution >= 0.6 is 0 Å². The van der Waals surface area contributed by atoms with Gasteiger partial charge in [0.05, 0.1) is 0 Å². The smallest absolute Gasteiger partial charge is 0 e. The van der Waals surface area contributed by atoms with Gasteiger partial charge < -0.3 is 4.79 Å². The fourth-order valence-electron chi connectivity index (χ4n) is 0. The molecule has 0 saturated carbocycles. The molecule has 0 amide bonds. The van der Waals surface area contributed by atoms with Crippen LogP contribution in [0.2, 0.25) is 0 Å². The Bertz CT molecular complexity index is 13.5. The van der Waals surface area contributed by atoms with Crippen molar-refractivity contribution in [2.75, 3.05) is 0 Å². The van der Waals surface area contributed by atoms with E-state index in [4.69, 9.17) is 4.79 Å². The van der Waals surface area contributed by atoms with Gasteiger partial charge >= 0.3 is 0 Å². The largest absolute Gasteiger partial charge is 0.542 e. The summed E-state index contributed by atoms with van der Waals surface area (Å²) in [6.07, 6.45) is 1.50. The minimum atomic E-state index is 0. The molecule has 1 nitrogen and oxygen atoms in total. The van der Waals surface area contributed by atoms with E-state index in [0.717, 1.165) is 0 Å². The van der Waals surface area contributed by atoms with Crippen molar-refractivity contribution in [1.82, 2.24) is 0 Å². The summed E-state index contributed by atoms with van der Waals surface area (Å²) in [6, 6.07) is 0. The summed E-state index contributed by atoms with van der Waals surface area (Å²) in [4.78, 5) is 8.68. The van der Waals surface area contributed by atoms with Crippen LogP contribution in [0.4, 0.5) is 0 Å². The second-order valence-corrected chi connectivity index (χ2v) is 0.204. The van der Waals surface area contributed by atoms with Crippen LogP contribution in [-0.4, -0.2) is 6.29 Å². The molecule has 0 unspecified atom stereocenters. The number of hydrogen-bond acceptors (Lipinski definition) is 1. The maximum atomic E-state index is 8.68. The van der Waals surface area contributed by atoms with Gasteiger partial charge in [-0.05, 0) is 0 Å². The molecule has 0 aliphatic heterocycles. The third-order valence-electron chi connectivity index (χ3n) is 0. The Hall–Kier alpha value is 0.410. The SMILES string of the molecule is C[C-]=O.[Ta]. The first-order valence-electron chi connectivity index (χ1n) is 0.704. The molecular weight excluding hydrogens is 221 g/mol. The quantitative estimate of drug-likeness (QED) is 0.534. The van der Waals surface area contributed by atoms with Crippen molar-refractivity contribution in [1.29, 1.82) is 0 Å². The molecule has 0 aromatic carbocycles. The van der Waals surface area contributed by atoms with E-state index in [-0.39, 0.29) is 22.4 Å². The van der Waals surface area contributed by atoms with E-state index in [0.29, 0.717) is 0 Å². The topological polar surface area (TPSA) is 17.1 Å². The fourth-order valence-corrected chi connectivity index (χ4v) is 0. The molecule has 0 saturated heterocycles. The van der Waals surface area contributed by atoms with Gasteiger partial charge in [0.1, 0.15) is 0 Å². The fraction of sp³-hybridized carbons (Fsp3) is 0.500. The molecule has 0 fully saturated rings. The van der Waals surface area contributed by atoms with Gasteiger partial charge in [0.2, 0.25) is 0 Å². The van der Waals surface area contributed by atoms with E-state index in [1.165, 1.54) is 13.2 Å². The van der Waals surface area contributed by atoms with E-state index >= 15 is 0 Å². The number of carbonyl (C=O) groups excluding carboxylic acids is 1. The zero-order chi connectivity index (χ0) is 2.71. The summed E-state index contributed by atoms with van der Waals surface area (Å²) in [6.45, 7) is 1.32. The molecule has 0 aliphatic rings. The van der Waals surface area contributed by atoms with Gasteiger partial charge in [0.25, 0.3) is 0 Å². The second kappa shape index (κ2) is 9.96. The van der Waals surface area contributed by atoms with Crippen LogP contribution in [0, 0.1) is 0 Å². The van der Waals surface area contributed by atoms with Crippen molar-refractivity contribution < 1.29 is 27.2 Å². The van der Waals surface area contributed by atoms with Crippen LogP contribution in [-0.2, 0) is 27.2 Å². The zero-order valence-corrected chi connectivity index (χ0v) is 5.57. The van der Waals surface area contributed by atoms with Gasteiger partial charge in [-0.25, -0.2) is 0 Å². The van der Waals surface area contributed by atoms with Gasteiger partial charge in [-0.1, -0.05) is 0 Å². The van der Waals surface area contributed by atoms with Crippen molar-refractivity contribution in [3.63, 3.8) is 0 Å². The Labute approximate surface area is 40.9 Å². The van der Waals surface area contributed by atoms with Crippen LogP contribution < -0.4 is 0 Å². The molecule has 0 rings (SSSR count). The van der Waals surface area contributed by atoms with Crippen molar-refractivity contribution in [2.45, 2.75) is 6.92 Å². The van der Waals surface area contributed by atoms with Crippen LogP contribution in [0.15, 0.2) is 0 Å². The van der Waals surface area contributed by atoms with Crippen LogP contribution in [0.25, 0.3) is 0 Å². The van der Waals surface area contributed by atoms with Crippen molar-refractivity contribution in [3.05, 3.63) is 0 Å². The Kier molecular flexibility index (Phi) is 22.0. The molecule has 0 atom stereocenters. The molecule has 1 radical (unpaired) electrons. The van der Waals surface area contributed by atoms with Crippen LogP contribution in [0.1, 0.15) is 6.92 Å². The van der Waals surface area contributed by atoms with E-state index in [1.54, 1.807) is 0 Å². The van der Waals surface area contributed by atoms with Crippen LogP contribution in [0.5, 0.6) is 0 Å². The molecule has 0 aliphatic carbocycles. The van der Waals surface area contributed by atoms with Gasteiger partial charge in [-0.3, -0.25) is 6.29 Å². The Balaban J connectivity index is 0. The molecule has 2 heteroatoms. The first-order valence-corrected chi connectivity index (χ1v) is 0.704. The molecule has 23 valence electrons. The zero-order valence-electron chi connectivity index (χ0n) is 2.36. The summed E-state index contributed by atoms with van der Waals surface area (Å²) in [5.74, 6) is 0. The molecule has 0 N–H and O–H groups in total. The van der Waals surface area contributed by atoms with Gasteiger partial charge in [-0.15, -0.1) is 0 Å². The van der Waals surface area contributed by atoms with Gasteiger partial charge in [0.15, 0.2) is 0 Å². The Morgan fingerprint density at radius 1 is 1.75 bits per heavy atom. The third kappa shape index (κ3) is 28.5. The first kappa shape index (κ1) is 8.83. The maximum Gasteiger partial charge on any atom is 0 e. The summed E-state index contributed by atoms with van der Waals surface area (Å²) in [5.41, 5.74) is 0. The standard InChI is InChI=1S/C2H3O.Ta/c1-2-3;/h1H3;/q-1;. The number of rotatable bonds is 0. The van der Waals surface area contributed by atoms with E-state index in [2.05, 4.69) is 0 Å². The molecule has 4 heavy (non-hydrogen) atoms. The number of hydrogen-bond donors (Lipinski definition) is 0. The Morgan fingerprint density at radius 3 is 1.75 bits per heavy atom.